The molecule has 2 aromatic carbocycles. The van der Waals surface area contributed by atoms with E-state index in [4.69, 9.17) is 4.74 Å². The third-order valence-electron chi connectivity index (χ3n) is 3.43. The molecule has 8 nitrogen and oxygen atoms in total. The Hall–Kier alpha value is -3.81. The summed E-state index contributed by atoms with van der Waals surface area (Å²) < 4.78 is 5.44. The quantitative estimate of drug-likeness (QED) is 0.541. The summed E-state index contributed by atoms with van der Waals surface area (Å²) in [5.41, 5.74) is 1.18. The van der Waals surface area contributed by atoms with Gasteiger partial charge in [-0.1, -0.05) is 36.4 Å². The van der Waals surface area contributed by atoms with Gasteiger partial charge in [0.05, 0.1) is 4.92 Å². The number of nitrogens with one attached hydrogen (secondary N) is 1. The predicted octanol–water partition coefficient (Wildman–Crippen LogP) is 3.11. The summed E-state index contributed by atoms with van der Waals surface area (Å²) in [6.45, 7) is 0.413. The summed E-state index contributed by atoms with van der Waals surface area (Å²) in [7, 11) is 0. The lowest BCUT2D eigenvalue weighted by Crippen LogP contribution is -2.22. The number of nitro groups is 1. The van der Waals surface area contributed by atoms with Crippen LogP contribution in [0.1, 0.15) is 15.9 Å². The molecule has 1 heterocycles. The minimum atomic E-state index is -0.596. The fraction of sp³-hybridized carbons (Fsp3) is 0.0556. The maximum Gasteiger partial charge on any atom is 0.322 e. The zero-order chi connectivity index (χ0) is 18.4. The molecule has 0 radical (unpaired) electrons. The molecule has 3 aromatic rings. The van der Waals surface area contributed by atoms with Gasteiger partial charge in [-0.2, -0.15) is 9.97 Å². The van der Waals surface area contributed by atoms with E-state index in [0.29, 0.717) is 17.9 Å². The molecular weight excluding hydrogens is 336 g/mol. The van der Waals surface area contributed by atoms with Gasteiger partial charge in [-0.3, -0.25) is 14.9 Å². The van der Waals surface area contributed by atoms with Crippen molar-refractivity contribution in [1.29, 1.82) is 0 Å². The van der Waals surface area contributed by atoms with Crippen molar-refractivity contribution in [2.45, 2.75) is 6.54 Å². The molecule has 0 spiro atoms. The Kier molecular flexibility index (Phi) is 5.14. The lowest BCUT2D eigenvalue weighted by molar-refractivity contribution is -0.385. The summed E-state index contributed by atoms with van der Waals surface area (Å²) >= 11 is 0. The zero-order valence-corrected chi connectivity index (χ0v) is 13.5. The molecule has 8 heteroatoms. The summed E-state index contributed by atoms with van der Waals surface area (Å²) in [6.07, 6.45) is 2.11. The number of nitrogens with zero attached hydrogens (tertiary/aromatic N) is 3. The Balaban J connectivity index is 1.65. The first-order valence-corrected chi connectivity index (χ1v) is 7.68. The first kappa shape index (κ1) is 17.0. The van der Waals surface area contributed by atoms with Gasteiger partial charge in [-0.05, 0) is 23.8 Å². The van der Waals surface area contributed by atoms with Crippen molar-refractivity contribution >= 4 is 11.6 Å². The van der Waals surface area contributed by atoms with E-state index in [-0.39, 0.29) is 17.6 Å². The normalized spacial score (nSPS) is 10.2. The summed E-state index contributed by atoms with van der Waals surface area (Å²) in [4.78, 5) is 29.8. The van der Waals surface area contributed by atoms with E-state index in [0.717, 1.165) is 18.0 Å². The van der Waals surface area contributed by atoms with Gasteiger partial charge in [0.2, 0.25) is 0 Å². The molecule has 0 saturated carbocycles. The van der Waals surface area contributed by atoms with E-state index in [1.165, 1.54) is 0 Å². The van der Waals surface area contributed by atoms with Gasteiger partial charge in [0.15, 0.2) is 0 Å². The molecule has 130 valence electrons. The lowest BCUT2D eigenvalue weighted by Gasteiger charge is -2.07. The Morgan fingerprint density at radius 2 is 1.81 bits per heavy atom. The Morgan fingerprint density at radius 3 is 2.50 bits per heavy atom. The van der Waals surface area contributed by atoms with E-state index < -0.39 is 4.92 Å². The molecule has 0 saturated heterocycles. The first-order valence-electron chi connectivity index (χ1n) is 7.68. The monoisotopic (exact) mass is 350 g/mol. The van der Waals surface area contributed by atoms with E-state index in [2.05, 4.69) is 15.3 Å². The van der Waals surface area contributed by atoms with Crippen LogP contribution in [0.4, 0.5) is 5.69 Å². The van der Waals surface area contributed by atoms with Gasteiger partial charge in [0.25, 0.3) is 5.91 Å². The second-order valence-electron chi connectivity index (χ2n) is 5.28. The van der Waals surface area contributed by atoms with Crippen LogP contribution in [0.25, 0.3) is 0 Å². The van der Waals surface area contributed by atoms with Crippen molar-refractivity contribution in [2.24, 2.45) is 0 Å². The summed E-state index contributed by atoms with van der Waals surface area (Å²) in [5.74, 6) is 0.107. The summed E-state index contributed by atoms with van der Waals surface area (Å²) in [6, 6.07) is 16.0. The van der Waals surface area contributed by atoms with Crippen molar-refractivity contribution in [3.8, 4) is 11.8 Å². The van der Waals surface area contributed by atoms with Gasteiger partial charge in [-0.15, -0.1) is 0 Å². The van der Waals surface area contributed by atoms with Crippen molar-refractivity contribution in [3.63, 3.8) is 0 Å². The number of aromatic nitrogens is 2. The number of hydrogen-bond donors (Lipinski definition) is 1. The molecule has 0 aliphatic heterocycles. The van der Waals surface area contributed by atoms with Crippen LogP contribution in [0.3, 0.4) is 0 Å². The molecule has 0 atom stereocenters. The molecule has 26 heavy (non-hydrogen) atoms. The third-order valence-corrected chi connectivity index (χ3v) is 3.43. The average molecular weight is 350 g/mol. The smallest absolute Gasteiger partial charge is 0.322 e. The van der Waals surface area contributed by atoms with E-state index in [1.807, 2.05) is 30.3 Å². The number of amides is 1. The van der Waals surface area contributed by atoms with Crippen LogP contribution in [0.15, 0.2) is 67.0 Å². The van der Waals surface area contributed by atoms with E-state index in [1.54, 1.807) is 24.3 Å². The SMILES string of the molecule is O=C(NCc1ccccc1)c1cccc(Oc2ncc([N+](=O)[O-])cn2)c1. The van der Waals surface area contributed by atoms with Crippen LogP contribution in [-0.2, 0) is 6.54 Å². The standard InChI is InChI=1S/C18H14N4O4/c23-17(19-10-13-5-2-1-3-6-13)14-7-4-8-16(9-14)26-18-20-11-15(12-21-18)22(24)25/h1-9,11-12H,10H2,(H,19,23). The van der Waals surface area contributed by atoms with Crippen molar-refractivity contribution < 1.29 is 14.5 Å². The number of benzene rings is 2. The number of ether oxygens (including phenoxy) is 1. The molecule has 1 N–H and O–H groups in total. The first-order chi connectivity index (χ1) is 12.6. The van der Waals surface area contributed by atoms with Gasteiger partial charge in [-0.25, -0.2) is 0 Å². The fourth-order valence-electron chi connectivity index (χ4n) is 2.14. The van der Waals surface area contributed by atoms with Crippen LogP contribution in [0, 0.1) is 10.1 Å². The van der Waals surface area contributed by atoms with Gasteiger partial charge < -0.3 is 10.1 Å². The van der Waals surface area contributed by atoms with Gasteiger partial charge >= 0.3 is 11.7 Å². The second-order valence-corrected chi connectivity index (χ2v) is 5.28. The minimum Gasteiger partial charge on any atom is -0.424 e. The molecule has 0 aliphatic rings. The average Bonchev–Trinajstić information content (AvgIpc) is 2.67. The highest BCUT2D eigenvalue weighted by atomic mass is 16.6. The topological polar surface area (TPSA) is 107 Å². The van der Waals surface area contributed by atoms with Gasteiger partial charge in [0.1, 0.15) is 18.1 Å². The molecule has 0 fully saturated rings. The predicted molar refractivity (Wildman–Crippen MR) is 92.8 cm³/mol. The fourth-order valence-corrected chi connectivity index (χ4v) is 2.14. The number of hydrogen-bond acceptors (Lipinski definition) is 6. The maximum absolute atomic E-state index is 12.3. The van der Waals surface area contributed by atoms with Crippen molar-refractivity contribution in [3.05, 3.63) is 88.2 Å². The highest BCUT2D eigenvalue weighted by Gasteiger charge is 2.10. The Morgan fingerprint density at radius 1 is 1.08 bits per heavy atom. The zero-order valence-electron chi connectivity index (χ0n) is 13.5. The molecular formula is C18H14N4O4. The Labute approximate surface area is 148 Å². The molecule has 0 unspecified atom stereocenters. The molecule has 0 aliphatic carbocycles. The van der Waals surface area contributed by atoms with Crippen LogP contribution in [0.2, 0.25) is 0 Å². The molecule has 0 bridgehead atoms. The van der Waals surface area contributed by atoms with Crippen molar-refractivity contribution in [1.82, 2.24) is 15.3 Å². The van der Waals surface area contributed by atoms with E-state index >= 15 is 0 Å². The van der Waals surface area contributed by atoms with E-state index in [9.17, 15) is 14.9 Å². The minimum absolute atomic E-state index is 0.0440. The molecule has 1 amide bonds. The van der Waals surface area contributed by atoms with Crippen LogP contribution in [0.5, 0.6) is 11.8 Å². The maximum atomic E-state index is 12.3. The van der Waals surface area contributed by atoms with Gasteiger partial charge in [0, 0.05) is 12.1 Å². The Bertz CT molecular complexity index is 914. The van der Waals surface area contributed by atoms with Crippen molar-refractivity contribution in [2.75, 3.05) is 0 Å². The second kappa shape index (κ2) is 7.84. The number of carbonyl (C=O) groups is 1. The summed E-state index contributed by atoms with van der Waals surface area (Å²) in [5, 5.41) is 13.4. The number of carbonyl (C=O) groups excluding carboxylic acids is 1. The highest BCUT2D eigenvalue weighted by molar-refractivity contribution is 5.94. The molecule has 1 aromatic heterocycles. The highest BCUT2D eigenvalue weighted by Crippen LogP contribution is 2.20. The molecule has 3 rings (SSSR count). The van der Waals surface area contributed by atoms with Crippen LogP contribution >= 0.6 is 0 Å². The largest absolute Gasteiger partial charge is 0.424 e. The third kappa shape index (κ3) is 4.38. The van der Waals surface area contributed by atoms with Crippen LogP contribution in [-0.4, -0.2) is 20.8 Å². The van der Waals surface area contributed by atoms with Crippen LogP contribution < -0.4 is 10.1 Å². The lowest BCUT2D eigenvalue weighted by atomic mass is 10.2. The number of rotatable bonds is 6.